The van der Waals surface area contributed by atoms with Crippen LogP contribution in [0.25, 0.3) is 16.7 Å². The smallest absolute Gasteiger partial charge is 0.144 e. The fourth-order valence-electron chi connectivity index (χ4n) is 3.12. The standard InChI is InChI=1S/C24H26N4.2C2H6/c1-4-19-11-12-21(17-18(3)16-19)27-23(25)10-6-9-22(5-2)28-15-13-20-8-7-14-26-24(20)28;2*1-2/h5-18H,2,4H2,1,3H3,(H2,25,27);2*1-2H3/b10-6+,22-9+;;. The molecule has 0 radical (unpaired) electrons. The van der Waals surface area contributed by atoms with Crippen LogP contribution in [0, 0.1) is 5.92 Å². The van der Waals surface area contributed by atoms with Crippen molar-refractivity contribution in [3.63, 3.8) is 0 Å². The molecular formula is C28H38N4. The maximum Gasteiger partial charge on any atom is 0.144 e. The van der Waals surface area contributed by atoms with Gasteiger partial charge in [0.1, 0.15) is 11.5 Å². The maximum absolute atomic E-state index is 6.10. The summed E-state index contributed by atoms with van der Waals surface area (Å²) in [6.07, 6.45) is 20.7. The number of hydrogen-bond donors (Lipinski definition) is 1. The van der Waals surface area contributed by atoms with Crippen LogP contribution in [0.4, 0.5) is 0 Å². The molecule has 0 saturated carbocycles. The van der Waals surface area contributed by atoms with Crippen molar-refractivity contribution in [1.29, 1.82) is 0 Å². The van der Waals surface area contributed by atoms with Crippen molar-refractivity contribution in [3.05, 3.63) is 97.1 Å². The molecule has 0 amide bonds. The van der Waals surface area contributed by atoms with Crippen molar-refractivity contribution in [2.24, 2.45) is 16.6 Å². The lowest BCUT2D eigenvalue weighted by molar-refractivity contribution is 0.913. The lowest BCUT2D eigenvalue weighted by Gasteiger charge is -2.04. The molecule has 4 nitrogen and oxygen atoms in total. The number of fused-ring (bicyclic) bond motifs is 1. The molecule has 3 rings (SSSR count). The minimum absolute atomic E-state index is 0.335. The number of amidine groups is 1. The van der Waals surface area contributed by atoms with Gasteiger partial charge in [-0.25, -0.2) is 9.98 Å². The zero-order valence-corrected chi connectivity index (χ0v) is 20.4. The number of hydrogen-bond acceptors (Lipinski definition) is 2. The summed E-state index contributed by atoms with van der Waals surface area (Å²) in [4.78, 5) is 8.97. The van der Waals surface area contributed by atoms with E-state index in [9.17, 15) is 0 Å². The molecule has 1 unspecified atom stereocenters. The highest BCUT2D eigenvalue weighted by Crippen LogP contribution is 2.19. The third-order valence-corrected chi connectivity index (χ3v) is 4.51. The van der Waals surface area contributed by atoms with E-state index in [1.807, 2.05) is 74.9 Å². The number of aromatic nitrogens is 2. The van der Waals surface area contributed by atoms with Crippen molar-refractivity contribution in [2.75, 3.05) is 0 Å². The number of rotatable bonds is 6. The van der Waals surface area contributed by atoms with Crippen LogP contribution in [0.2, 0.25) is 0 Å². The average Bonchev–Trinajstić information content (AvgIpc) is 3.17. The molecule has 2 aromatic rings. The van der Waals surface area contributed by atoms with E-state index in [2.05, 4.69) is 48.6 Å². The van der Waals surface area contributed by atoms with Gasteiger partial charge in [0.25, 0.3) is 0 Å². The Morgan fingerprint density at radius 1 is 1.19 bits per heavy atom. The Morgan fingerprint density at radius 3 is 2.62 bits per heavy atom. The van der Waals surface area contributed by atoms with Gasteiger partial charge in [0.05, 0.1) is 5.70 Å². The summed E-state index contributed by atoms with van der Waals surface area (Å²) in [6, 6.07) is 6.00. The molecule has 0 bridgehead atoms. The van der Waals surface area contributed by atoms with Gasteiger partial charge in [-0.05, 0) is 54.8 Å². The van der Waals surface area contributed by atoms with E-state index in [1.165, 1.54) is 5.57 Å². The van der Waals surface area contributed by atoms with Crippen molar-refractivity contribution in [1.82, 2.24) is 9.55 Å². The zero-order chi connectivity index (χ0) is 23.9. The molecule has 1 aliphatic carbocycles. The third-order valence-electron chi connectivity index (χ3n) is 4.51. The predicted molar refractivity (Wildman–Crippen MR) is 142 cm³/mol. The van der Waals surface area contributed by atoms with Crippen LogP contribution in [-0.2, 0) is 0 Å². The third kappa shape index (κ3) is 7.69. The van der Waals surface area contributed by atoms with Gasteiger partial charge in [0.15, 0.2) is 0 Å². The Bertz CT molecular complexity index is 1040. The first-order valence-corrected chi connectivity index (χ1v) is 11.5. The highest BCUT2D eigenvalue weighted by atomic mass is 15.0. The first-order chi connectivity index (χ1) is 15.6. The van der Waals surface area contributed by atoms with Crippen LogP contribution in [0.5, 0.6) is 0 Å². The molecule has 1 atom stereocenters. The first kappa shape index (κ1) is 26.6. The predicted octanol–water partition coefficient (Wildman–Crippen LogP) is 7.46. The van der Waals surface area contributed by atoms with Crippen molar-refractivity contribution >= 4 is 22.6 Å². The average molecular weight is 431 g/mol. The summed E-state index contributed by atoms with van der Waals surface area (Å²) >= 11 is 0. The molecule has 4 heteroatoms. The van der Waals surface area contributed by atoms with Crippen LogP contribution >= 0.6 is 0 Å². The Morgan fingerprint density at radius 2 is 1.94 bits per heavy atom. The van der Waals surface area contributed by atoms with Gasteiger partial charge in [-0.3, -0.25) is 0 Å². The van der Waals surface area contributed by atoms with Gasteiger partial charge < -0.3 is 10.3 Å². The van der Waals surface area contributed by atoms with Crippen LogP contribution < -0.4 is 5.73 Å². The molecule has 2 heterocycles. The second-order valence-corrected chi connectivity index (χ2v) is 6.67. The van der Waals surface area contributed by atoms with E-state index >= 15 is 0 Å². The van der Waals surface area contributed by atoms with E-state index in [4.69, 9.17) is 5.73 Å². The Hall–Kier alpha value is -3.40. The Balaban J connectivity index is 0.00000121. The second kappa shape index (κ2) is 14.6. The maximum atomic E-state index is 6.10. The first-order valence-electron chi connectivity index (χ1n) is 11.5. The minimum atomic E-state index is 0.335. The molecule has 0 aliphatic heterocycles. The Labute approximate surface area is 194 Å². The second-order valence-electron chi connectivity index (χ2n) is 6.67. The molecule has 170 valence electrons. The van der Waals surface area contributed by atoms with Crippen molar-refractivity contribution < 1.29 is 0 Å². The van der Waals surface area contributed by atoms with Gasteiger partial charge in [-0.15, -0.1) is 0 Å². The number of nitrogens with two attached hydrogens (primary N) is 1. The van der Waals surface area contributed by atoms with Gasteiger partial charge in [-0.1, -0.05) is 78.0 Å². The SMILES string of the molecule is C=C/C(=C\C=C\C(N)=NC1=CC(C)C=C(CC)C=C1)n1ccc2cccnc21.CC.CC. The lowest BCUT2D eigenvalue weighted by atomic mass is 10.1. The normalized spacial score (nSPS) is 16.4. The van der Waals surface area contributed by atoms with Gasteiger partial charge in [0, 0.05) is 23.5 Å². The molecule has 32 heavy (non-hydrogen) atoms. The number of nitrogens with zero attached hydrogens (tertiary/aromatic N) is 3. The van der Waals surface area contributed by atoms with E-state index in [1.54, 1.807) is 18.3 Å². The summed E-state index contributed by atoms with van der Waals surface area (Å²) in [5.74, 6) is 0.792. The summed E-state index contributed by atoms with van der Waals surface area (Å²) in [5, 5.41) is 1.08. The number of allylic oxidation sites excluding steroid dienone is 9. The Kier molecular flexibility index (Phi) is 12.1. The van der Waals surface area contributed by atoms with E-state index in [-0.39, 0.29) is 0 Å². The van der Waals surface area contributed by atoms with E-state index < -0.39 is 0 Å². The van der Waals surface area contributed by atoms with Crippen LogP contribution in [0.3, 0.4) is 0 Å². The molecule has 0 fully saturated rings. The summed E-state index contributed by atoms with van der Waals surface area (Å²) in [7, 11) is 0. The number of aliphatic imine (C=N–C) groups is 1. The van der Waals surface area contributed by atoms with Gasteiger partial charge >= 0.3 is 0 Å². The van der Waals surface area contributed by atoms with Crippen molar-refractivity contribution in [3.8, 4) is 0 Å². The van der Waals surface area contributed by atoms with Gasteiger partial charge in [-0.2, -0.15) is 0 Å². The molecule has 0 spiro atoms. The molecule has 0 aromatic carbocycles. The van der Waals surface area contributed by atoms with Crippen LogP contribution in [-0.4, -0.2) is 15.4 Å². The highest BCUT2D eigenvalue weighted by Gasteiger charge is 2.04. The van der Waals surface area contributed by atoms with E-state index in [0.29, 0.717) is 11.8 Å². The zero-order valence-electron chi connectivity index (χ0n) is 20.4. The molecule has 0 saturated heterocycles. The topological polar surface area (TPSA) is 56.2 Å². The monoisotopic (exact) mass is 430 g/mol. The minimum Gasteiger partial charge on any atom is -0.384 e. The van der Waals surface area contributed by atoms with Crippen LogP contribution in [0.15, 0.2) is 102 Å². The summed E-state index contributed by atoms with van der Waals surface area (Å²) < 4.78 is 2.00. The fraction of sp³-hybridized carbons (Fsp3) is 0.286. The van der Waals surface area contributed by atoms with Gasteiger partial charge in [0.2, 0.25) is 0 Å². The summed E-state index contributed by atoms with van der Waals surface area (Å²) in [6.45, 7) is 16.2. The van der Waals surface area contributed by atoms with E-state index in [0.717, 1.165) is 28.8 Å². The summed E-state index contributed by atoms with van der Waals surface area (Å²) in [5.41, 5.74) is 10.1. The molecule has 1 aliphatic rings. The largest absolute Gasteiger partial charge is 0.384 e. The van der Waals surface area contributed by atoms with Crippen LogP contribution in [0.1, 0.15) is 48.0 Å². The molecule has 2 aromatic heterocycles. The fourth-order valence-corrected chi connectivity index (χ4v) is 3.12. The molecular weight excluding hydrogens is 392 g/mol. The molecule has 2 N–H and O–H groups in total. The lowest BCUT2D eigenvalue weighted by Crippen LogP contribution is -2.07. The highest BCUT2D eigenvalue weighted by molar-refractivity contribution is 5.93. The number of pyridine rings is 1. The quantitative estimate of drug-likeness (QED) is 0.294. The van der Waals surface area contributed by atoms with Crippen molar-refractivity contribution in [2.45, 2.75) is 48.0 Å².